The molecule has 0 saturated heterocycles. The monoisotopic (exact) mass is 239 g/mol. The Bertz CT molecular complexity index is 274. The molecule has 1 N–H and O–H groups in total. The van der Waals surface area contributed by atoms with Gasteiger partial charge in [0, 0.05) is 6.04 Å². The normalized spacial score (nSPS) is 13.1. The van der Waals surface area contributed by atoms with Gasteiger partial charge < -0.3 is 5.32 Å². The van der Waals surface area contributed by atoms with Gasteiger partial charge in [-0.1, -0.05) is 30.3 Å². The maximum atomic E-state index is 11.9. The molecule has 0 bridgehead atoms. The van der Waals surface area contributed by atoms with Crippen molar-refractivity contribution >= 4 is 12.4 Å². The maximum absolute atomic E-state index is 11.9. The van der Waals surface area contributed by atoms with Crippen LogP contribution in [0, 0.1) is 0 Å². The van der Waals surface area contributed by atoms with Gasteiger partial charge in [-0.15, -0.1) is 12.4 Å². The molecule has 1 aromatic rings. The van der Waals surface area contributed by atoms with E-state index in [9.17, 15) is 13.2 Å². The molecule has 0 aliphatic carbocycles. The van der Waals surface area contributed by atoms with Crippen LogP contribution in [-0.4, -0.2) is 12.7 Å². The molecular weight excluding hydrogens is 227 g/mol. The summed E-state index contributed by atoms with van der Waals surface area (Å²) in [5.41, 5.74) is 0.858. The van der Waals surface area contributed by atoms with Crippen molar-refractivity contribution in [2.24, 2.45) is 0 Å². The predicted octanol–water partition coefficient (Wildman–Crippen LogP) is 3.32. The third kappa shape index (κ3) is 5.64. The second-order valence-corrected chi connectivity index (χ2v) is 3.13. The molecule has 0 aliphatic heterocycles. The molecule has 1 nitrogen and oxygen atoms in total. The number of halogens is 4. The van der Waals surface area contributed by atoms with E-state index in [1.807, 2.05) is 6.07 Å². The van der Waals surface area contributed by atoms with Crippen LogP contribution in [0.15, 0.2) is 30.3 Å². The molecule has 1 rings (SSSR count). The van der Waals surface area contributed by atoms with Crippen LogP contribution < -0.4 is 5.32 Å². The van der Waals surface area contributed by atoms with Crippen molar-refractivity contribution in [3.63, 3.8) is 0 Å². The third-order valence-corrected chi connectivity index (χ3v) is 1.91. The molecule has 0 heterocycles. The highest BCUT2D eigenvalue weighted by molar-refractivity contribution is 5.85. The van der Waals surface area contributed by atoms with Crippen LogP contribution in [0.25, 0.3) is 0 Å². The minimum Gasteiger partial charge on any atom is -0.302 e. The first-order valence-corrected chi connectivity index (χ1v) is 4.34. The average Bonchev–Trinajstić information content (AvgIpc) is 2.14. The molecule has 1 aromatic carbocycles. The van der Waals surface area contributed by atoms with Crippen molar-refractivity contribution in [2.75, 3.05) is 6.54 Å². The number of alkyl halides is 3. The summed E-state index contributed by atoms with van der Waals surface area (Å²) in [7, 11) is 0. The van der Waals surface area contributed by atoms with Crippen molar-refractivity contribution < 1.29 is 13.2 Å². The van der Waals surface area contributed by atoms with E-state index in [0.29, 0.717) is 0 Å². The SMILES string of the molecule is CC(NCC(F)(F)F)c1ccccc1.Cl. The number of hydrogen-bond donors (Lipinski definition) is 1. The van der Waals surface area contributed by atoms with E-state index in [-0.39, 0.29) is 18.4 Å². The highest BCUT2D eigenvalue weighted by Gasteiger charge is 2.27. The lowest BCUT2D eigenvalue weighted by Gasteiger charge is -2.15. The Morgan fingerprint density at radius 2 is 1.73 bits per heavy atom. The van der Waals surface area contributed by atoms with Gasteiger partial charge in [-0.05, 0) is 12.5 Å². The summed E-state index contributed by atoms with van der Waals surface area (Å²) in [5, 5.41) is 2.41. The van der Waals surface area contributed by atoms with Crippen molar-refractivity contribution in [1.82, 2.24) is 5.32 Å². The third-order valence-electron chi connectivity index (χ3n) is 1.91. The fourth-order valence-corrected chi connectivity index (χ4v) is 1.13. The largest absolute Gasteiger partial charge is 0.401 e. The van der Waals surface area contributed by atoms with Crippen LogP contribution in [0.5, 0.6) is 0 Å². The van der Waals surface area contributed by atoms with Crippen LogP contribution in [0.2, 0.25) is 0 Å². The van der Waals surface area contributed by atoms with Crippen LogP contribution in [0.1, 0.15) is 18.5 Å². The summed E-state index contributed by atoms with van der Waals surface area (Å²) in [6.45, 7) is 0.754. The second kappa shape index (κ2) is 5.98. The Kier molecular flexibility index (Phi) is 5.68. The Morgan fingerprint density at radius 3 is 2.20 bits per heavy atom. The molecule has 0 saturated carbocycles. The number of nitrogens with one attached hydrogen (secondary N) is 1. The molecule has 0 fully saturated rings. The summed E-state index contributed by atoms with van der Waals surface area (Å²) >= 11 is 0. The fraction of sp³-hybridized carbons (Fsp3) is 0.400. The minimum atomic E-state index is -4.15. The van der Waals surface area contributed by atoms with Gasteiger partial charge in [-0.2, -0.15) is 13.2 Å². The smallest absolute Gasteiger partial charge is 0.302 e. The van der Waals surface area contributed by atoms with Gasteiger partial charge in [0.2, 0.25) is 0 Å². The van der Waals surface area contributed by atoms with Crippen LogP contribution in [0.3, 0.4) is 0 Å². The molecule has 1 unspecified atom stereocenters. The molecule has 5 heteroatoms. The Hall–Kier alpha value is -0.740. The van der Waals surface area contributed by atoms with E-state index in [1.54, 1.807) is 31.2 Å². The van der Waals surface area contributed by atoms with Gasteiger partial charge in [0.1, 0.15) is 0 Å². The standard InChI is InChI=1S/C10H12F3N.ClH/c1-8(14-7-10(11,12)13)9-5-3-2-4-6-9;/h2-6,8,14H,7H2,1H3;1H. The molecular formula is C10H13ClF3N. The lowest BCUT2D eigenvalue weighted by Crippen LogP contribution is -2.30. The Morgan fingerprint density at radius 1 is 1.20 bits per heavy atom. The second-order valence-electron chi connectivity index (χ2n) is 3.13. The van der Waals surface area contributed by atoms with E-state index in [2.05, 4.69) is 5.32 Å². The maximum Gasteiger partial charge on any atom is 0.401 e. The highest BCUT2D eigenvalue weighted by atomic mass is 35.5. The minimum absolute atomic E-state index is 0. The summed E-state index contributed by atoms with van der Waals surface area (Å²) in [4.78, 5) is 0. The first-order chi connectivity index (χ1) is 6.49. The molecule has 0 radical (unpaired) electrons. The van der Waals surface area contributed by atoms with Crippen LogP contribution in [0.4, 0.5) is 13.2 Å². The van der Waals surface area contributed by atoms with Crippen LogP contribution in [-0.2, 0) is 0 Å². The lowest BCUT2D eigenvalue weighted by atomic mass is 10.1. The molecule has 1 atom stereocenters. The molecule has 0 aromatic heterocycles. The molecule has 0 amide bonds. The van der Waals surface area contributed by atoms with Crippen molar-refractivity contribution in [3.8, 4) is 0 Å². The Labute approximate surface area is 93.1 Å². The van der Waals surface area contributed by atoms with Gasteiger partial charge in [0.15, 0.2) is 0 Å². The van der Waals surface area contributed by atoms with Gasteiger partial charge in [-0.3, -0.25) is 0 Å². The topological polar surface area (TPSA) is 12.0 Å². The van der Waals surface area contributed by atoms with E-state index in [1.165, 1.54) is 0 Å². The summed E-state index contributed by atoms with van der Waals surface area (Å²) in [5.74, 6) is 0. The molecule has 86 valence electrons. The molecule has 15 heavy (non-hydrogen) atoms. The predicted molar refractivity (Wildman–Crippen MR) is 56.2 cm³/mol. The zero-order valence-electron chi connectivity index (χ0n) is 8.21. The zero-order valence-corrected chi connectivity index (χ0v) is 9.03. The lowest BCUT2D eigenvalue weighted by molar-refractivity contribution is -0.126. The van der Waals surface area contributed by atoms with Crippen molar-refractivity contribution in [1.29, 1.82) is 0 Å². The van der Waals surface area contributed by atoms with E-state index < -0.39 is 12.7 Å². The summed E-state index contributed by atoms with van der Waals surface area (Å²) < 4.78 is 35.6. The van der Waals surface area contributed by atoms with E-state index in [0.717, 1.165) is 5.56 Å². The summed E-state index contributed by atoms with van der Waals surface area (Å²) in [6, 6.07) is 8.77. The van der Waals surface area contributed by atoms with E-state index >= 15 is 0 Å². The van der Waals surface area contributed by atoms with E-state index in [4.69, 9.17) is 0 Å². The van der Waals surface area contributed by atoms with Crippen LogP contribution >= 0.6 is 12.4 Å². The summed E-state index contributed by atoms with van der Waals surface area (Å²) in [6.07, 6.45) is -4.15. The first kappa shape index (κ1) is 14.3. The number of rotatable bonds is 3. The zero-order chi connectivity index (χ0) is 10.6. The fourth-order valence-electron chi connectivity index (χ4n) is 1.13. The van der Waals surface area contributed by atoms with Crippen molar-refractivity contribution in [3.05, 3.63) is 35.9 Å². The van der Waals surface area contributed by atoms with Gasteiger partial charge in [-0.25, -0.2) is 0 Å². The molecule has 0 spiro atoms. The highest BCUT2D eigenvalue weighted by Crippen LogP contribution is 2.16. The average molecular weight is 240 g/mol. The number of benzene rings is 1. The van der Waals surface area contributed by atoms with Crippen molar-refractivity contribution in [2.45, 2.75) is 19.1 Å². The van der Waals surface area contributed by atoms with Gasteiger partial charge in [0.05, 0.1) is 6.54 Å². The quantitative estimate of drug-likeness (QED) is 0.853. The first-order valence-electron chi connectivity index (χ1n) is 4.34. The number of hydrogen-bond acceptors (Lipinski definition) is 1. The van der Waals surface area contributed by atoms with Gasteiger partial charge >= 0.3 is 6.18 Å². The molecule has 0 aliphatic rings. The van der Waals surface area contributed by atoms with Gasteiger partial charge in [0.25, 0.3) is 0 Å². The Balaban J connectivity index is 0.00000196.